The van der Waals surface area contributed by atoms with Gasteiger partial charge < -0.3 is 20.9 Å². The summed E-state index contributed by atoms with van der Waals surface area (Å²) in [5, 5.41) is 8.09. The molecule has 164 valence electrons. The Bertz CT molecular complexity index is 954. The number of nitrogens with one attached hydrogen (secondary N) is 3. The van der Waals surface area contributed by atoms with Crippen molar-refractivity contribution < 1.29 is 18.8 Å². The summed E-state index contributed by atoms with van der Waals surface area (Å²) in [6.45, 7) is 5.30. The second-order valence-electron chi connectivity index (χ2n) is 7.78. The molecule has 1 aliphatic rings. The molecule has 0 radical (unpaired) electrons. The van der Waals surface area contributed by atoms with Gasteiger partial charge in [0.2, 0.25) is 0 Å². The number of carbonyl (C=O) groups is 3. The Morgan fingerprint density at radius 2 is 1.65 bits per heavy atom. The van der Waals surface area contributed by atoms with E-state index in [-0.39, 0.29) is 17.8 Å². The molecule has 1 saturated heterocycles. The molecule has 0 unspecified atom stereocenters. The lowest BCUT2D eigenvalue weighted by Gasteiger charge is -2.32. The van der Waals surface area contributed by atoms with Crippen molar-refractivity contribution in [2.75, 3.05) is 30.3 Å². The Kier molecular flexibility index (Phi) is 7.23. The molecule has 0 aromatic heterocycles. The zero-order chi connectivity index (χ0) is 22.4. The zero-order valence-corrected chi connectivity index (χ0v) is 17.7. The highest BCUT2D eigenvalue weighted by atomic mass is 19.1. The van der Waals surface area contributed by atoms with E-state index in [4.69, 9.17) is 0 Å². The Hall–Kier alpha value is -3.42. The van der Waals surface area contributed by atoms with E-state index in [2.05, 4.69) is 16.0 Å². The number of piperidine rings is 1. The van der Waals surface area contributed by atoms with Crippen molar-refractivity contribution in [3.8, 4) is 0 Å². The molecule has 1 heterocycles. The Labute approximate surface area is 181 Å². The summed E-state index contributed by atoms with van der Waals surface area (Å²) in [4.78, 5) is 38.4. The number of amides is 4. The van der Waals surface area contributed by atoms with Crippen LogP contribution in [0.3, 0.4) is 0 Å². The van der Waals surface area contributed by atoms with E-state index >= 15 is 0 Å². The Morgan fingerprint density at radius 1 is 0.968 bits per heavy atom. The molecule has 0 atom stereocenters. The van der Waals surface area contributed by atoms with E-state index < -0.39 is 11.8 Å². The number of hydrogen-bond donors (Lipinski definition) is 3. The lowest BCUT2D eigenvalue weighted by Crippen LogP contribution is -2.44. The van der Waals surface area contributed by atoms with Crippen LogP contribution >= 0.6 is 0 Å². The van der Waals surface area contributed by atoms with Crippen molar-refractivity contribution in [1.29, 1.82) is 0 Å². The molecule has 3 rings (SSSR count). The lowest BCUT2D eigenvalue weighted by atomic mass is 9.97. The van der Waals surface area contributed by atoms with Crippen LogP contribution in [0.4, 0.5) is 20.6 Å². The molecule has 1 aliphatic heterocycles. The summed E-state index contributed by atoms with van der Waals surface area (Å²) >= 11 is 0. The van der Waals surface area contributed by atoms with Crippen molar-refractivity contribution in [3.05, 3.63) is 59.4 Å². The van der Waals surface area contributed by atoms with Gasteiger partial charge in [-0.05, 0) is 74.1 Å². The Morgan fingerprint density at radius 3 is 2.32 bits per heavy atom. The summed E-state index contributed by atoms with van der Waals surface area (Å²) in [6, 6.07) is 10.9. The smallest absolute Gasteiger partial charge is 0.321 e. The topological polar surface area (TPSA) is 90.5 Å². The van der Waals surface area contributed by atoms with E-state index in [9.17, 15) is 18.8 Å². The van der Waals surface area contributed by atoms with Gasteiger partial charge in [0.15, 0.2) is 0 Å². The number of likely N-dealkylation sites (tertiary alicyclic amines) is 1. The van der Waals surface area contributed by atoms with Gasteiger partial charge in [0, 0.05) is 31.0 Å². The highest BCUT2D eigenvalue weighted by Crippen LogP contribution is 2.19. The lowest BCUT2D eigenvalue weighted by molar-refractivity contribution is -0.136. The van der Waals surface area contributed by atoms with Crippen LogP contribution in [-0.2, 0) is 9.59 Å². The first-order chi connectivity index (χ1) is 14.8. The van der Waals surface area contributed by atoms with Crippen LogP contribution in [0.5, 0.6) is 0 Å². The highest BCUT2D eigenvalue weighted by molar-refractivity contribution is 6.39. The second-order valence-corrected chi connectivity index (χ2v) is 7.78. The van der Waals surface area contributed by atoms with Crippen molar-refractivity contribution in [1.82, 2.24) is 10.2 Å². The minimum atomic E-state index is -0.690. The predicted octanol–water partition coefficient (Wildman–Crippen LogP) is 3.44. The van der Waals surface area contributed by atoms with E-state index in [1.165, 1.54) is 24.3 Å². The minimum absolute atomic E-state index is 0.187. The van der Waals surface area contributed by atoms with Crippen LogP contribution in [0.15, 0.2) is 42.5 Å². The Balaban J connectivity index is 1.40. The monoisotopic (exact) mass is 426 g/mol. The summed E-state index contributed by atoms with van der Waals surface area (Å²) < 4.78 is 13.0. The molecule has 2 aromatic carbocycles. The van der Waals surface area contributed by atoms with E-state index in [1.54, 1.807) is 11.0 Å². The van der Waals surface area contributed by atoms with Gasteiger partial charge in [-0.1, -0.05) is 12.1 Å². The van der Waals surface area contributed by atoms with Crippen LogP contribution in [0.1, 0.15) is 24.0 Å². The summed E-state index contributed by atoms with van der Waals surface area (Å²) in [5.41, 5.74) is 3.12. The van der Waals surface area contributed by atoms with Crippen molar-refractivity contribution in [2.24, 2.45) is 5.92 Å². The number of benzene rings is 2. The normalized spacial score (nSPS) is 14.1. The maximum atomic E-state index is 13.0. The number of hydrogen-bond acceptors (Lipinski definition) is 3. The number of aryl methyl sites for hydroxylation is 1. The predicted molar refractivity (Wildman–Crippen MR) is 117 cm³/mol. The molecule has 3 N–H and O–H groups in total. The van der Waals surface area contributed by atoms with Crippen molar-refractivity contribution in [2.45, 2.75) is 26.7 Å². The fraction of sp³-hybridized carbons (Fsp3) is 0.348. The summed E-state index contributed by atoms with van der Waals surface area (Å²) in [5.74, 6) is -1.53. The molecule has 1 fully saturated rings. The zero-order valence-electron chi connectivity index (χ0n) is 17.7. The van der Waals surface area contributed by atoms with E-state index in [1.807, 2.05) is 26.0 Å². The molecule has 0 bridgehead atoms. The average molecular weight is 426 g/mol. The number of urea groups is 1. The fourth-order valence-corrected chi connectivity index (χ4v) is 3.46. The molecule has 0 aliphatic carbocycles. The summed E-state index contributed by atoms with van der Waals surface area (Å²) in [7, 11) is 0. The first kappa shape index (κ1) is 22.3. The molecule has 7 nitrogen and oxygen atoms in total. The number of carbonyl (C=O) groups excluding carboxylic acids is 3. The highest BCUT2D eigenvalue weighted by Gasteiger charge is 2.24. The third kappa shape index (κ3) is 6.04. The standard InChI is InChI=1S/C23H27FN4O3/c1-15-4-3-5-20(16(15)2)27-22(30)21(29)25-14-17-10-12-28(13-11-17)23(31)26-19-8-6-18(24)7-9-19/h3-9,17H,10-14H2,1-2H3,(H,25,29)(H,26,31)(H,27,30). The third-order valence-electron chi connectivity index (χ3n) is 5.61. The van der Waals surface area contributed by atoms with E-state index in [0.29, 0.717) is 31.0 Å². The fourth-order valence-electron chi connectivity index (χ4n) is 3.46. The summed E-state index contributed by atoms with van der Waals surface area (Å²) in [6.07, 6.45) is 1.44. The van der Waals surface area contributed by atoms with Crippen LogP contribution in [0, 0.1) is 25.6 Å². The van der Waals surface area contributed by atoms with Gasteiger partial charge >= 0.3 is 17.8 Å². The van der Waals surface area contributed by atoms with Crippen molar-refractivity contribution >= 4 is 29.2 Å². The maximum absolute atomic E-state index is 13.0. The molecule has 2 aromatic rings. The van der Waals surface area contributed by atoms with Gasteiger partial charge in [0.05, 0.1) is 0 Å². The largest absolute Gasteiger partial charge is 0.348 e. The van der Waals surface area contributed by atoms with Gasteiger partial charge in [0.25, 0.3) is 0 Å². The molecular formula is C23H27FN4O3. The van der Waals surface area contributed by atoms with Crippen LogP contribution < -0.4 is 16.0 Å². The minimum Gasteiger partial charge on any atom is -0.348 e. The number of nitrogens with zero attached hydrogens (tertiary/aromatic N) is 1. The molecule has 0 saturated carbocycles. The molecule has 31 heavy (non-hydrogen) atoms. The number of anilines is 2. The van der Waals surface area contributed by atoms with Crippen molar-refractivity contribution in [3.63, 3.8) is 0 Å². The van der Waals surface area contributed by atoms with Gasteiger partial charge in [-0.15, -0.1) is 0 Å². The van der Waals surface area contributed by atoms with Gasteiger partial charge in [0.1, 0.15) is 5.82 Å². The molecule has 0 spiro atoms. The van der Waals surface area contributed by atoms with E-state index in [0.717, 1.165) is 24.0 Å². The maximum Gasteiger partial charge on any atom is 0.321 e. The number of rotatable bonds is 4. The second kappa shape index (κ2) is 10.1. The number of halogens is 1. The van der Waals surface area contributed by atoms with Gasteiger partial charge in [-0.2, -0.15) is 0 Å². The van der Waals surface area contributed by atoms with Gasteiger partial charge in [-0.3, -0.25) is 9.59 Å². The first-order valence-corrected chi connectivity index (χ1v) is 10.3. The molecule has 8 heteroatoms. The van der Waals surface area contributed by atoms with Crippen LogP contribution in [-0.4, -0.2) is 42.4 Å². The SMILES string of the molecule is Cc1cccc(NC(=O)C(=O)NCC2CCN(C(=O)Nc3ccc(F)cc3)CC2)c1C. The van der Waals surface area contributed by atoms with Crippen LogP contribution in [0.2, 0.25) is 0 Å². The quantitative estimate of drug-likeness (QED) is 0.654. The first-order valence-electron chi connectivity index (χ1n) is 10.3. The third-order valence-corrected chi connectivity index (χ3v) is 5.61. The average Bonchev–Trinajstić information content (AvgIpc) is 2.77. The molecule has 4 amide bonds. The van der Waals surface area contributed by atoms with Crippen LogP contribution in [0.25, 0.3) is 0 Å². The molecular weight excluding hydrogens is 399 g/mol. The van der Waals surface area contributed by atoms with Gasteiger partial charge in [-0.25, -0.2) is 9.18 Å².